The normalized spacial score (nSPS) is 29.1. The third-order valence-corrected chi connectivity index (χ3v) is 5.05. The Morgan fingerprint density at radius 3 is 2.68 bits per heavy atom. The maximum absolute atomic E-state index is 5.43. The van der Waals surface area contributed by atoms with Gasteiger partial charge in [-0.15, -0.1) is 0 Å². The fraction of sp³-hybridized carbons (Fsp3) is 0.421. The predicted molar refractivity (Wildman–Crippen MR) is 87.4 cm³/mol. The number of nitrogens with zero attached hydrogens (tertiary/aromatic N) is 2. The molecule has 3 aliphatic heterocycles. The minimum absolute atomic E-state index is 0.514. The van der Waals surface area contributed by atoms with E-state index in [4.69, 9.17) is 4.52 Å². The van der Waals surface area contributed by atoms with Crippen LogP contribution in [0, 0.1) is 12.8 Å². The topological polar surface area (TPSA) is 29.3 Å². The Morgan fingerprint density at radius 1 is 1.23 bits per heavy atom. The van der Waals surface area contributed by atoms with E-state index >= 15 is 0 Å². The maximum atomic E-state index is 5.43. The van der Waals surface area contributed by atoms with Crippen molar-refractivity contribution in [3.05, 3.63) is 59.0 Å². The lowest BCUT2D eigenvalue weighted by Crippen LogP contribution is -2.51. The molecule has 3 saturated heterocycles. The van der Waals surface area contributed by atoms with Gasteiger partial charge in [0.1, 0.15) is 0 Å². The van der Waals surface area contributed by atoms with Crippen LogP contribution in [-0.2, 0) is 6.42 Å². The molecule has 4 heterocycles. The highest BCUT2D eigenvalue weighted by molar-refractivity contribution is 5.51. The summed E-state index contributed by atoms with van der Waals surface area (Å²) in [5.41, 5.74) is 3.91. The van der Waals surface area contributed by atoms with Gasteiger partial charge in [0.25, 0.3) is 0 Å². The Morgan fingerprint density at radius 2 is 2.00 bits per heavy atom. The summed E-state index contributed by atoms with van der Waals surface area (Å²) >= 11 is 0. The molecular formula is C19H22N2O. The molecule has 0 aliphatic carbocycles. The highest BCUT2D eigenvalue weighted by Crippen LogP contribution is 2.39. The molecule has 0 amide bonds. The monoisotopic (exact) mass is 294 g/mol. The van der Waals surface area contributed by atoms with E-state index in [1.165, 1.54) is 37.1 Å². The highest BCUT2D eigenvalue weighted by Gasteiger charge is 2.37. The van der Waals surface area contributed by atoms with Gasteiger partial charge < -0.3 is 4.52 Å². The molecule has 5 rings (SSSR count). The quantitative estimate of drug-likeness (QED) is 0.864. The summed E-state index contributed by atoms with van der Waals surface area (Å²) in [6.07, 6.45) is 5.91. The Labute approximate surface area is 131 Å². The van der Waals surface area contributed by atoms with Gasteiger partial charge in [-0.05, 0) is 62.4 Å². The number of aryl methyl sites for hydroxylation is 1. The minimum Gasteiger partial charge on any atom is -0.357 e. The molecule has 2 bridgehead atoms. The Kier molecular flexibility index (Phi) is 3.59. The average molecular weight is 294 g/mol. The van der Waals surface area contributed by atoms with Gasteiger partial charge in [0.15, 0.2) is 5.76 Å². The number of rotatable bonds is 3. The van der Waals surface area contributed by atoms with E-state index in [1.807, 2.05) is 13.0 Å². The van der Waals surface area contributed by atoms with E-state index in [-0.39, 0.29) is 0 Å². The van der Waals surface area contributed by atoms with Gasteiger partial charge in [-0.2, -0.15) is 0 Å². The molecule has 0 unspecified atom stereocenters. The molecule has 3 aliphatic rings. The number of aromatic nitrogens is 1. The van der Waals surface area contributed by atoms with E-state index in [2.05, 4.69) is 46.5 Å². The summed E-state index contributed by atoms with van der Waals surface area (Å²) in [5, 5.41) is 4.02. The Balaban J connectivity index is 1.65. The number of fused-ring (bicyclic) bond motifs is 3. The second-order valence-corrected chi connectivity index (χ2v) is 6.53. The molecule has 3 heteroatoms. The van der Waals surface area contributed by atoms with Gasteiger partial charge in [0.05, 0.1) is 5.69 Å². The molecule has 0 saturated carbocycles. The predicted octanol–water partition coefficient (Wildman–Crippen LogP) is 3.70. The molecule has 0 radical (unpaired) electrons. The molecule has 2 aromatic rings. The van der Waals surface area contributed by atoms with Crippen LogP contribution in [-0.4, -0.2) is 29.2 Å². The summed E-state index contributed by atoms with van der Waals surface area (Å²) in [6.45, 7) is 4.44. The van der Waals surface area contributed by atoms with Crippen LogP contribution in [0.25, 0.3) is 6.08 Å². The average Bonchev–Trinajstić information content (AvgIpc) is 2.97. The van der Waals surface area contributed by atoms with Crippen LogP contribution in [0.3, 0.4) is 0 Å². The Hall–Kier alpha value is -1.87. The van der Waals surface area contributed by atoms with Crippen LogP contribution in [0.5, 0.6) is 0 Å². The standard InChI is InChI=1S/C19H22N2O/c1-14-11-17(22-20-14)13-18-16-7-9-21(10-8-16)19(18)12-15-5-3-2-4-6-15/h2-6,11,13,16,19H,7-10,12H2,1H3/b18-13+/t19-/m1/s1. The van der Waals surface area contributed by atoms with Crippen LogP contribution in [0.1, 0.15) is 29.9 Å². The zero-order valence-corrected chi connectivity index (χ0v) is 13.0. The number of benzene rings is 1. The van der Waals surface area contributed by atoms with Crippen molar-refractivity contribution >= 4 is 6.08 Å². The van der Waals surface area contributed by atoms with E-state index in [1.54, 1.807) is 0 Å². The number of hydrogen-bond donors (Lipinski definition) is 0. The van der Waals surface area contributed by atoms with Crippen molar-refractivity contribution in [1.29, 1.82) is 0 Å². The van der Waals surface area contributed by atoms with Gasteiger partial charge in [-0.3, -0.25) is 4.90 Å². The SMILES string of the molecule is Cc1cc(/C=C2\C3CCN(CC3)[C@@H]2Cc2ccccc2)on1. The van der Waals surface area contributed by atoms with Crippen molar-refractivity contribution in [2.75, 3.05) is 13.1 Å². The van der Waals surface area contributed by atoms with Crippen LogP contribution in [0.2, 0.25) is 0 Å². The first kappa shape index (κ1) is 13.8. The zero-order chi connectivity index (χ0) is 14.9. The van der Waals surface area contributed by atoms with Crippen molar-refractivity contribution in [3.8, 4) is 0 Å². The molecule has 3 nitrogen and oxygen atoms in total. The summed E-state index contributed by atoms with van der Waals surface area (Å²) in [5.74, 6) is 1.61. The lowest BCUT2D eigenvalue weighted by Gasteiger charge is -2.47. The summed E-state index contributed by atoms with van der Waals surface area (Å²) < 4.78 is 5.43. The van der Waals surface area contributed by atoms with Crippen LogP contribution in [0.15, 0.2) is 46.5 Å². The Bertz CT molecular complexity index is 666. The van der Waals surface area contributed by atoms with E-state index in [0.29, 0.717) is 12.0 Å². The molecule has 1 atom stereocenters. The van der Waals surface area contributed by atoms with Crippen molar-refractivity contribution < 1.29 is 4.52 Å². The minimum atomic E-state index is 0.514. The smallest absolute Gasteiger partial charge is 0.159 e. The fourth-order valence-electron chi connectivity index (χ4n) is 3.94. The molecule has 22 heavy (non-hydrogen) atoms. The molecule has 1 aromatic heterocycles. The van der Waals surface area contributed by atoms with E-state index in [0.717, 1.165) is 17.9 Å². The lowest BCUT2D eigenvalue weighted by molar-refractivity contribution is 0.104. The van der Waals surface area contributed by atoms with E-state index in [9.17, 15) is 0 Å². The molecule has 114 valence electrons. The number of piperidine rings is 3. The van der Waals surface area contributed by atoms with E-state index < -0.39 is 0 Å². The fourth-order valence-corrected chi connectivity index (χ4v) is 3.94. The van der Waals surface area contributed by atoms with Crippen LogP contribution >= 0.6 is 0 Å². The molecule has 1 aromatic carbocycles. The van der Waals surface area contributed by atoms with Crippen molar-refractivity contribution in [2.45, 2.75) is 32.2 Å². The number of hydrogen-bond acceptors (Lipinski definition) is 3. The van der Waals surface area contributed by atoms with Crippen LogP contribution < -0.4 is 0 Å². The first-order valence-corrected chi connectivity index (χ1v) is 8.22. The van der Waals surface area contributed by atoms with Crippen LogP contribution in [0.4, 0.5) is 0 Å². The van der Waals surface area contributed by atoms with Crippen molar-refractivity contribution in [1.82, 2.24) is 10.1 Å². The van der Waals surface area contributed by atoms with Crippen molar-refractivity contribution in [3.63, 3.8) is 0 Å². The third-order valence-electron chi connectivity index (χ3n) is 5.05. The van der Waals surface area contributed by atoms with Crippen molar-refractivity contribution in [2.24, 2.45) is 5.92 Å². The van der Waals surface area contributed by atoms with Gasteiger partial charge in [-0.1, -0.05) is 35.5 Å². The molecule has 3 fully saturated rings. The second-order valence-electron chi connectivity index (χ2n) is 6.53. The zero-order valence-electron chi connectivity index (χ0n) is 13.0. The lowest BCUT2D eigenvalue weighted by atomic mass is 9.76. The molecule has 0 spiro atoms. The summed E-state index contributed by atoms with van der Waals surface area (Å²) in [6, 6.07) is 13.4. The molecule has 0 N–H and O–H groups in total. The largest absolute Gasteiger partial charge is 0.357 e. The van der Waals surface area contributed by atoms with Gasteiger partial charge in [-0.25, -0.2) is 0 Å². The first-order chi connectivity index (χ1) is 10.8. The second kappa shape index (κ2) is 5.73. The van der Waals surface area contributed by atoms with Gasteiger partial charge >= 0.3 is 0 Å². The highest BCUT2D eigenvalue weighted by atomic mass is 16.5. The molecular weight excluding hydrogens is 272 g/mol. The van der Waals surface area contributed by atoms with Gasteiger partial charge in [0, 0.05) is 12.1 Å². The first-order valence-electron chi connectivity index (χ1n) is 8.22. The summed E-state index contributed by atoms with van der Waals surface area (Å²) in [4.78, 5) is 2.64. The maximum Gasteiger partial charge on any atom is 0.159 e. The van der Waals surface area contributed by atoms with Gasteiger partial charge in [0.2, 0.25) is 0 Å². The summed E-state index contributed by atoms with van der Waals surface area (Å²) in [7, 11) is 0. The third kappa shape index (κ3) is 2.61.